The molecule has 0 aliphatic carbocycles. The van der Waals surface area contributed by atoms with Crippen molar-refractivity contribution < 1.29 is 9.90 Å². The highest BCUT2D eigenvalue weighted by molar-refractivity contribution is 14.1. The number of hydrogen-bond acceptors (Lipinski definition) is 2. The van der Waals surface area contributed by atoms with Crippen LogP contribution in [0.2, 0.25) is 0 Å². The lowest BCUT2D eigenvalue weighted by molar-refractivity contribution is -0.124. The van der Waals surface area contributed by atoms with E-state index in [1.807, 2.05) is 48.5 Å². The van der Waals surface area contributed by atoms with E-state index in [-0.39, 0.29) is 12.5 Å². The van der Waals surface area contributed by atoms with Crippen molar-refractivity contribution in [1.82, 2.24) is 0 Å². The standard InChI is InChI=1S/C19H18INO2/c1-2-10-19(13-22)16-11-15(20)8-9-17(16)21(18(19)23)12-14-6-4-3-5-7-14/h2-9,11,22H,1,10,12-13H2. The van der Waals surface area contributed by atoms with Gasteiger partial charge >= 0.3 is 0 Å². The summed E-state index contributed by atoms with van der Waals surface area (Å²) >= 11 is 2.24. The number of aliphatic hydroxyl groups is 1. The molecule has 0 aromatic heterocycles. The zero-order valence-corrected chi connectivity index (χ0v) is 14.9. The number of hydrogen-bond donors (Lipinski definition) is 1. The number of carbonyl (C=O) groups is 1. The van der Waals surface area contributed by atoms with Crippen LogP contribution in [-0.2, 0) is 16.8 Å². The Morgan fingerprint density at radius 1 is 1.22 bits per heavy atom. The second-order valence-corrected chi connectivity index (χ2v) is 7.02. The zero-order chi connectivity index (χ0) is 16.4. The molecule has 4 heteroatoms. The van der Waals surface area contributed by atoms with E-state index < -0.39 is 5.41 Å². The molecule has 3 rings (SSSR count). The Hall–Kier alpha value is -1.66. The largest absolute Gasteiger partial charge is 0.395 e. The topological polar surface area (TPSA) is 40.5 Å². The summed E-state index contributed by atoms with van der Waals surface area (Å²) in [7, 11) is 0. The van der Waals surface area contributed by atoms with Gasteiger partial charge in [-0.3, -0.25) is 4.79 Å². The van der Waals surface area contributed by atoms with Crippen LogP contribution in [0.4, 0.5) is 5.69 Å². The van der Waals surface area contributed by atoms with Gasteiger partial charge in [-0.25, -0.2) is 0 Å². The van der Waals surface area contributed by atoms with E-state index in [2.05, 4.69) is 29.2 Å². The lowest BCUT2D eigenvalue weighted by Gasteiger charge is -2.25. The monoisotopic (exact) mass is 419 g/mol. The molecule has 1 N–H and O–H groups in total. The molecule has 0 saturated heterocycles. The zero-order valence-electron chi connectivity index (χ0n) is 12.7. The Kier molecular flexibility index (Phi) is 4.55. The van der Waals surface area contributed by atoms with Crippen molar-refractivity contribution in [2.24, 2.45) is 0 Å². The predicted molar refractivity (Wildman–Crippen MR) is 100 cm³/mol. The van der Waals surface area contributed by atoms with Crippen LogP contribution in [-0.4, -0.2) is 17.6 Å². The lowest BCUT2D eigenvalue weighted by Crippen LogP contribution is -2.42. The molecule has 0 spiro atoms. The van der Waals surface area contributed by atoms with Gasteiger partial charge in [0.05, 0.1) is 13.2 Å². The van der Waals surface area contributed by atoms with Crippen LogP contribution in [0.5, 0.6) is 0 Å². The first-order chi connectivity index (χ1) is 11.1. The molecule has 1 amide bonds. The Morgan fingerprint density at radius 3 is 2.61 bits per heavy atom. The summed E-state index contributed by atoms with van der Waals surface area (Å²) in [4.78, 5) is 14.9. The molecule has 0 saturated carbocycles. The quantitative estimate of drug-likeness (QED) is 0.594. The highest BCUT2D eigenvalue weighted by Gasteiger charge is 2.49. The van der Waals surface area contributed by atoms with Crippen molar-refractivity contribution >= 4 is 34.2 Å². The van der Waals surface area contributed by atoms with Crippen LogP contribution in [0.3, 0.4) is 0 Å². The van der Waals surface area contributed by atoms with Gasteiger partial charge in [-0.15, -0.1) is 6.58 Å². The van der Waals surface area contributed by atoms with Gasteiger partial charge < -0.3 is 10.0 Å². The van der Waals surface area contributed by atoms with Crippen LogP contribution >= 0.6 is 22.6 Å². The average molecular weight is 419 g/mol. The first-order valence-corrected chi connectivity index (χ1v) is 8.58. The van der Waals surface area contributed by atoms with Crippen LogP contribution in [0.1, 0.15) is 17.5 Å². The number of aliphatic hydroxyl groups excluding tert-OH is 1. The lowest BCUT2D eigenvalue weighted by atomic mass is 9.79. The minimum atomic E-state index is -0.910. The molecule has 0 fully saturated rings. The van der Waals surface area contributed by atoms with Gasteiger partial charge in [0.1, 0.15) is 5.41 Å². The molecule has 1 atom stereocenters. The smallest absolute Gasteiger partial charge is 0.240 e. The third kappa shape index (κ3) is 2.70. The van der Waals surface area contributed by atoms with Crippen molar-refractivity contribution in [3.8, 4) is 0 Å². The van der Waals surface area contributed by atoms with Gasteiger partial charge in [0.2, 0.25) is 5.91 Å². The molecule has 2 aromatic carbocycles. The molecule has 0 radical (unpaired) electrons. The van der Waals surface area contributed by atoms with Gasteiger partial charge in [-0.1, -0.05) is 36.4 Å². The number of halogens is 1. The molecular formula is C19H18INO2. The van der Waals surface area contributed by atoms with E-state index in [4.69, 9.17) is 0 Å². The molecule has 118 valence electrons. The van der Waals surface area contributed by atoms with E-state index >= 15 is 0 Å². The van der Waals surface area contributed by atoms with Crippen molar-refractivity contribution in [1.29, 1.82) is 0 Å². The molecule has 0 bridgehead atoms. The summed E-state index contributed by atoms with van der Waals surface area (Å²) in [6.45, 7) is 4.07. The van der Waals surface area contributed by atoms with Crippen LogP contribution < -0.4 is 4.90 Å². The molecule has 3 nitrogen and oxygen atoms in total. The molecule has 1 heterocycles. The van der Waals surface area contributed by atoms with Crippen molar-refractivity contribution in [3.63, 3.8) is 0 Å². The molecule has 1 aliphatic rings. The number of fused-ring (bicyclic) bond motifs is 1. The third-order valence-electron chi connectivity index (χ3n) is 4.37. The highest BCUT2D eigenvalue weighted by atomic mass is 127. The summed E-state index contributed by atoms with van der Waals surface area (Å²) in [5.74, 6) is -0.0549. The summed E-state index contributed by atoms with van der Waals surface area (Å²) in [5.41, 5.74) is 1.94. The Balaban J connectivity index is 2.09. The highest BCUT2D eigenvalue weighted by Crippen LogP contribution is 2.45. The van der Waals surface area contributed by atoms with Gasteiger partial charge in [-0.2, -0.15) is 0 Å². The number of carbonyl (C=O) groups excluding carboxylic acids is 1. The van der Waals surface area contributed by atoms with E-state index in [1.54, 1.807) is 11.0 Å². The maximum Gasteiger partial charge on any atom is 0.240 e. The SMILES string of the molecule is C=CCC1(CO)C(=O)N(Cc2ccccc2)c2ccc(I)cc21. The first-order valence-electron chi connectivity index (χ1n) is 7.50. The fraction of sp³-hybridized carbons (Fsp3) is 0.211. The molecule has 1 aliphatic heterocycles. The van der Waals surface area contributed by atoms with E-state index in [9.17, 15) is 9.90 Å². The Bertz CT molecular complexity index is 744. The number of anilines is 1. The number of rotatable bonds is 5. The normalized spacial score (nSPS) is 19.7. The van der Waals surface area contributed by atoms with E-state index in [0.29, 0.717) is 13.0 Å². The summed E-state index contributed by atoms with van der Waals surface area (Å²) in [6, 6.07) is 15.9. The summed E-state index contributed by atoms with van der Waals surface area (Å²) in [6.07, 6.45) is 2.14. The van der Waals surface area contributed by atoms with Crippen molar-refractivity contribution in [3.05, 3.63) is 75.9 Å². The second kappa shape index (κ2) is 6.45. The van der Waals surface area contributed by atoms with Gasteiger partial charge in [0.15, 0.2) is 0 Å². The molecular weight excluding hydrogens is 401 g/mol. The predicted octanol–water partition coefficient (Wildman–Crippen LogP) is 3.64. The minimum Gasteiger partial charge on any atom is -0.395 e. The van der Waals surface area contributed by atoms with Gasteiger partial charge in [0, 0.05) is 9.26 Å². The summed E-state index contributed by atoms with van der Waals surface area (Å²) in [5, 5.41) is 10.0. The molecule has 23 heavy (non-hydrogen) atoms. The van der Waals surface area contributed by atoms with Crippen molar-refractivity contribution in [2.45, 2.75) is 18.4 Å². The number of benzene rings is 2. The van der Waals surface area contributed by atoms with Crippen molar-refractivity contribution in [2.75, 3.05) is 11.5 Å². The van der Waals surface area contributed by atoms with Gasteiger partial charge in [-0.05, 0) is 58.3 Å². The second-order valence-electron chi connectivity index (χ2n) is 5.77. The maximum atomic E-state index is 13.1. The van der Waals surface area contributed by atoms with Crippen LogP contribution in [0.25, 0.3) is 0 Å². The van der Waals surface area contributed by atoms with E-state index in [1.165, 1.54) is 0 Å². The third-order valence-corrected chi connectivity index (χ3v) is 5.04. The fourth-order valence-corrected chi connectivity index (χ4v) is 3.69. The Morgan fingerprint density at radius 2 is 1.96 bits per heavy atom. The minimum absolute atomic E-state index is 0.0549. The number of allylic oxidation sites excluding steroid dienone is 1. The fourth-order valence-electron chi connectivity index (χ4n) is 3.19. The van der Waals surface area contributed by atoms with Gasteiger partial charge in [0.25, 0.3) is 0 Å². The van der Waals surface area contributed by atoms with E-state index in [0.717, 1.165) is 20.4 Å². The first kappa shape index (κ1) is 16.2. The summed E-state index contributed by atoms with van der Waals surface area (Å²) < 4.78 is 1.05. The maximum absolute atomic E-state index is 13.1. The molecule has 1 unspecified atom stereocenters. The average Bonchev–Trinajstić information content (AvgIpc) is 2.79. The molecule has 2 aromatic rings. The Labute approximate surface area is 149 Å². The number of nitrogens with zero attached hydrogens (tertiary/aromatic N) is 1. The number of amides is 1. The van der Waals surface area contributed by atoms with Crippen LogP contribution in [0, 0.1) is 3.57 Å². The van der Waals surface area contributed by atoms with Crippen LogP contribution in [0.15, 0.2) is 61.2 Å².